The number of nitrogens with one attached hydrogen (secondary N) is 2. The number of aromatic nitrogens is 2. The van der Waals surface area contributed by atoms with Crippen molar-refractivity contribution in [2.45, 2.75) is 6.54 Å². The van der Waals surface area contributed by atoms with Crippen molar-refractivity contribution < 1.29 is 9.53 Å². The lowest BCUT2D eigenvalue weighted by atomic mass is 10.2. The molecular formula is C19H17ClN4O2. The molecule has 7 heteroatoms. The smallest absolute Gasteiger partial charge is 0.274 e. The predicted molar refractivity (Wildman–Crippen MR) is 102 cm³/mol. The van der Waals surface area contributed by atoms with Crippen LogP contribution in [0.4, 0.5) is 11.4 Å². The van der Waals surface area contributed by atoms with E-state index in [4.69, 9.17) is 16.3 Å². The largest absolute Gasteiger partial charge is 0.495 e. The van der Waals surface area contributed by atoms with Crippen LogP contribution in [0.1, 0.15) is 16.2 Å². The topological polar surface area (TPSA) is 76.1 Å². The summed E-state index contributed by atoms with van der Waals surface area (Å²) in [7, 11) is 1.53. The normalized spacial score (nSPS) is 10.2. The van der Waals surface area contributed by atoms with Crippen LogP contribution in [0.5, 0.6) is 5.75 Å². The molecule has 3 aromatic rings. The van der Waals surface area contributed by atoms with Gasteiger partial charge in [0.2, 0.25) is 0 Å². The van der Waals surface area contributed by atoms with Gasteiger partial charge in [-0.3, -0.25) is 9.78 Å². The molecule has 0 aliphatic carbocycles. The van der Waals surface area contributed by atoms with E-state index < -0.39 is 0 Å². The molecule has 2 N–H and O–H groups in total. The van der Waals surface area contributed by atoms with Crippen LogP contribution in [0, 0.1) is 0 Å². The number of hydrogen-bond donors (Lipinski definition) is 2. The zero-order chi connectivity index (χ0) is 18.4. The van der Waals surface area contributed by atoms with Gasteiger partial charge in [-0.1, -0.05) is 17.7 Å². The highest BCUT2D eigenvalue weighted by Crippen LogP contribution is 2.27. The Bertz CT molecular complexity index is 886. The number of halogens is 1. The maximum absolute atomic E-state index is 12.3. The number of amides is 1. The lowest BCUT2D eigenvalue weighted by Gasteiger charge is -2.09. The van der Waals surface area contributed by atoms with Crippen LogP contribution in [0.15, 0.2) is 60.9 Å². The average molecular weight is 369 g/mol. The van der Waals surface area contributed by atoms with E-state index >= 15 is 0 Å². The highest BCUT2D eigenvalue weighted by Gasteiger charge is 2.09. The molecule has 0 spiro atoms. The highest BCUT2D eigenvalue weighted by molar-refractivity contribution is 6.32. The minimum absolute atomic E-state index is 0.306. The Morgan fingerprint density at radius 1 is 1.12 bits per heavy atom. The van der Waals surface area contributed by atoms with Gasteiger partial charge in [-0.15, -0.1) is 0 Å². The summed E-state index contributed by atoms with van der Waals surface area (Å²) in [6, 6.07) is 14.2. The predicted octanol–water partition coefficient (Wildman–Crippen LogP) is 4.00. The fourth-order valence-electron chi connectivity index (χ4n) is 2.27. The lowest BCUT2D eigenvalue weighted by Crippen LogP contribution is -2.13. The molecule has 26 heavy (non-hydrogen) atoms. The Hall–Kier alpha value is -3.12. The molecule has 0 saturated heterocycles. The lowest BCUT2D eigenvalue weighted by molar-refractivity contribution is 0.102. The Balaban J connectivity index is 1.60. The summed E-state index contributed by atoms with van der Waals surface area (Å²) in [4.78, 5) is 20.7. The molecular weight excluding hydrogens is 352 g/mol. The Morgan fingerprint density at radius 3 is 2.62 bits per heavy atom. The molecule has 0 fully saturated rings. The van der Waals surface area contributed by atoms with Gasteiger partial charge in [-0.2, -0.15) is 0 Å². The van der Waals surface area contributed by atoms with Crippen LogP contribution in [0.25, 0.3) is 0 Å². The van der Waals surface area contributed by atoms with Crippen LogP contribution in [-0.4, -0.2) is 23.0 Å². The first kappa shape index (κ1) is 17.7. The van der Waals surface area contributed by atoms with Gasteiger partial charge >= 0.3 is 0 Å². The maximum atomic E-state index is 12.3. The molecule has 132 valence electrons. The Kier molecular flexibility index (Phi) is 5.66. The molecule has 3 rings (SSSR count). The summed E-state index contributed by atoms with van der Waals surface area (Å²) >= 11 is 6.06. The summed E-state index contributed by atoms with van der Waals surface area (Å²) in [5.41, 5.74) is 2.60. The zero-order valence-electron chi connectivity index (χ0n) is 14.1. The summed E-state index contributed by atoms with van der Waals surface area (Å²) < 4.78 is 5.09. The minimum Gasteiger partial charge on any atom is -0.495 e. The number of hydrogen-bond acceptors (Lipinski definition) is 5. The van der Waals surface area contributed by atoms with E-state index in [0.717, 1.165) is 11.4 Å². The van der Waals surface area contributed by atoms with E-state index in [1.54, 1.807) is 42.7 Å². The number of ether oxygens (including phenoxy) is 1. The number of methoxy groups -OCH3 is 1. The molecule has 1 aromatic carbocycles. The van der Waals surface area contributed by atoms with Crippen LogP contribution in [0.2, 0.25) is 5.02 Å². The molecule has 0 bridgehead atoms. The second-order valence-electron chi connectivity index (χ2n) is 5.41. The quantitative estimate of drug-likeness (QED) is 0.687. The van der Waals surface area contributed by atoms with Gasteiger partial charge in [0, 0.05) is 11.9 Å². The molecule has 0 aliphatic rings. The molecule has 0 saturated carbocycles. The summed E-state index contributed by atoms with van der Waals surface area (Å²) in [6.45, 7) is 0.582. The van der Waals surface area contributed by atoms with Crippen LogP contribution in [0.3, 0.4) is 0 Å². The van der Waals surface area contributed by atoms with E-state index in [0.29, 0.717) is 28.7 Å². The van der Waals surface area contributed by atoms with E-state index in [9.17, 15) is 4.79 Å². The Morgan fingerprint density at radius 2 is 1.96 bits per heavy atom. The van der Waals surface area contributed by atoms with Crippen molar-refractivity contribution in [3.63, 3.8) is 0 Å². The van der Waals surface area contributed by atoms with Crippen molar-refractivity contribution in [3.05, 3.63) is 77.3 Å². The van der Waals surface area contributed by atoms with Gasteiger partial charge in [0.15, 0.2) is 0 Å². The Labute approximate surface area is 156 Å². The number of rotatable bonds is 6. The van der Waals surface area contributed by atoms with E-state index in [1.165, 1.54) is 7.11 Å². The molecule has 2 aromatic heterocycles. The number of pyridine rings is 2. The van der Waals surface area contributed by atoms with Gasteiger partial charge in [-0.05, 0) is 42.5 Å². The number of nitrogens with zero attached hydrogens (tertiary/aromatic N) is 2. The molecule has 0 radical (unpaired) electrons. The fraction of sp³-hybridized carbons (Fsp3) is 0.105. The number of carbonyl (C=O) groups is 1. The third kappa shape index (κ3) is 4.49. The van der Waals surface area contributed by atoms with Crippen LogP contribution in [-0.2, 0) is 6.54 Å². The van der Waals surface area contributed by atoms with Crippen molar-refractivity contribution in [3.8, 4) is 5.75 Å². The molecule has 2 heterocycles. The minimum atomic E-state index is -0.317. The van der Waals surface area contributed by atoms with Crippen molar-refractivity contribution >= 4 is 28.9 Å². The second kappa shape index (κ2) is 8.31. The monoisotopic (exact) mass is 368 g/mol. The van der Waals surface area contributed by atoms with E-state index in [2.05, 4.69) is 20.6 Å². The summed E-state index contributed by atoms with van der Waals surface area (Å²) in [5.74, 6) is 0.230. The number of benzene rings is 1. The second-order valence-corrected chi connectivity index (χ2v) is 5.82. The molecule has 0 unspecified atom stereocenters. The first-order valence-corrected chi connectivity index (χ1v) is 8.28. The molecule has 0 atom stereocenters. The SMILES string of the molecule is COc1ccc(NC(=O)c2ccc(NCc3ccccn3)cn2)cc1Cl. The van der Waals surface area contributed by atoms with E-state index in [1.807, 2.05) is 18.2 Å². The first-order chi connectivity index (χ1) is 12.7. The first-order valence-electron chi connectivity index (χ1n) is 7.90. The van der Waals surface area contributed by atoms with Crippen molar-refractivity contribution in [1.29, 1.82) is 0 Å². The summed E-state index contributed by atoms with van der Waals surface area (Å²) in [6.07, 6.45) is 3.35. The number of anilines is 2. The average Bonchev–Trinajstić information content (AvgIpc) is 2.68. The van der Waals surface area contributed by atoms with Gasteiger partial charge in [0.1, 0.15) is 11.4 Å². The van der Waals surface area contributed by atoms with Crippen molar-refractivity contribution in [2.75, 3.05) is 17.7 Å². The van der Waals surface area contributed by atoms with E-state index in [-0.39, 0.29) is 5.91 Å². The fourth-order valence-corrected chi connectivity index (χ4v) is 2.53. The van der Waals surface area contributed by atoms with Gasteiger partial charge in [-0.25, -0.2) is 4.98 Å². The van der Waals surface area contributed by atoms with Gasteiger partial charge in [0.05, 0.1) is 36.3 Å². The third-order valence-electron chi connectivity index (χ3n) is 3.61. The van der Waals surface area contributed by atoms with Crippen molar-refractivity contribution in [1.82, 2.24) is 9.97 Å². The van der Waals surface area contributed by atoms with Gasteiger partial charge < -0.3 is 15.4 Å². The summed E-state index contributed by atoms with van der Waals surface area (Å²) in [5, 5.41) is 6.39. The van der Waals surface area contributed by atoms with Crippen molar-refractivity contribution in [2.24, 2.45) is 0 Å². The maximum Gasteiger partial charge on any atom is 0.274 e. The van der Waals surface area contributed by atoms with Crippen LogP contribution >= 0.6 is 11.6 Å². The zero-order valence-corrected chi connectivity index (χ0v) is 14.8. The third-order valence-corrected chi connectivity index (χ3v) is 3.90. The standard InChI is InChI=1S/C19H17ClN4O2/c1-26-18-8-6-13(10-16(18)20)24-19(25)17-7-5-15(12-23-17)22-11-14-4-2-3-9-21-14/h2-10,12,22H,11H2,1H3,(H,24,25). The van der Waals surface area contributed by atoms with Crippen LogP contribution < -0.4 is 15.4 Å². The molecule has 1 amide bonds. The van der Waals surface area contributed by atoms with Gasteiger partial charge in [0.25, 0.3) is 5.91 Å². The highest BCUT2D eigenvalue weighted by atomic mass is 35.5. The number of carbonyl (C=O) groups excluding carboxylic acids is 1. The molecule has 6 nitrogen and oxygen atoms in total. The molecule has 0 aliphatic heterocycles.